The number of carbonyl (C=O) groups is 1. The summed E-state index contributed by atoms with van der Waals surface area (Å²) in [5.41, 5.74) is -0.0859. The second-order valence-corrected chi connectivity index (χ2v) is 4.01. The predicted molar refractivity (Wildman–Crippen MR) is 54.1 cm³/mol. The lowest BCUT2D eigenvalue weighted by Gasteiger charge is -2.13. The molecular weight excluding hydrogens is 245 g/mol. The van der Waals surface area contributed by atoms with Crippen molar-refractivity contribution in [2.75, 3.05) is 0 Å². The average molecular weight is 250 g/mol. The molecule has 1 rings (SSSR count). The summed E-state index contributed by atoms with van der Waals surface area (Å²) in [7, 11) is 0. The first-order chi connectivity index (χ1) is 6.85. The fourth-order valence-corrected chi connectivity index (χ4v) is 1.17. The molecule has 0 radical (unpaired) electrons. The second kappa shape index (κ2) is 4.04. The monoisotopic (exact) mass is 249 g/mol. The molecule has 0 saturated carbocycles. The van der Waals surface area contributed by atoms with Gasteiger partial charge in [0.2, 0.25) is 4.33 Å². The lowest BCUT2D eigenvalue weighted by molar-refractivity contribution is -0.384. The van der Waals surface area contributed by atoms with Crippen LogP contribution >= 0.6 is 23.2 Å². The molecular formula is C8H5Cl2NO4. The Morgan fingerprint density at radius 2 is 1.80 bits per heavy atom. The zero-order chi connectivity index (χ0) is 11.6. The van der Waals surface area contributed by atoms with E-state index in [1.807, 2.05) is 0 Å². The second-order valence-electron chi connectivity index (χ2n) is 2.68. The van der Waals surface area contributed by atoms with Crippen molar-refractivity contribution in [2.24, 2.45) is 0 Å². The zero-order valence-electron chi connectivity index (χ0n) is 7.18. The maximum Gasteiger partial charge on any atom is 0.344 e. The van der Waals surface area contributed by atoms with Crippen LogP contribution in [0, 0.1) is 10.1 Å². The molecule has 0 aliphatic rings. The summed E-state index contributed by atoms with van der Waals surface area (Å²) >= 11 is 11.0. The van der Waals surface area contributed by atoms with Crippen molar-refractivity contribution in [3.05, 3.63) is 39.9 Å². The highest BCUT2D eigenvalue weighted by atomic mass is 35.5. The Balaban J connectivity index is 3.09. The summed E-state index contributed by atoms with van der Waals surface area (Å²) in [5.74, 6) is -1.43. The number of nitro benzene ring substituents is 1. The first-order valence-electron chi connectivity index (χ1n) is 3.72. The molecule has 0 saturated heterocycles. The van der Waals surface area contributed by atoms with Crippen molar-refractivity contribution < 1.29 is 14.8 Å². The van der Waals surface area contributed by atoms with Crippen LogP contribution in [0.5, 0.6) is 0 Å². The van der Waals surface area contributed by atoms with Crippen LogP contribution in [0.1, 0.15) is 5.56 Å². The molecule has 80 valence electrons. The van der Waals surface area contributed by atoms with Gasteiger partial charge in [0, 0.05) is 12.1 Å². The number of hydrogen-bond donors (Lipinski definition) is 1. The molecule has 0 heterocycles. The van der Waals surface area contributed by atoms with E-state index >= 15 is 0 Å². The Hall–Kier alpha value is -1.33. The van der Waals surface area contributed by atoms with Gasteiger partial charge in [0.1, 0.15) is 0 Å². The molecule has 0 atom stereocenters. The van der Waals surface area contributed by atoms with Gasteiger partial charge in [0.15, 0.2) is 0 Å². The van der Waals surface area contributed by atoms with E-state index in [9.17, 15) is 14.9 Å². The summed E-state index contributed by atoms with van der Waals surface area (Å²) in [4.78, 5) is 20.4. The van der Waals surface area contributed by atoms with Crippen molar-refractivity contribution in [1.82, 2.24) is 0 Å². The standard InChI is InChI=1S/C8H5Cl2NO4/c9-8(10,7(12)13)5-1-3-6(4-2-5)11(14)15/h1-4H,(H,12,13). The zero-order valence-corrected chi connectivity index (χ0v) is 8.70. The lowest BCUT2D eigenvalue weighted by Crippen LogP contribution is -2.22. The van der Waals surface area contributed by atoms with E-state index in [0.29, 0.717) is 0 Å². The van der Waals surface area contributed by atoms with Gasteiger partial charge >= 0.3 is 5.97 Å². The maximum absolute atomic E-state index is 10.6. The van der Waals surface area contributed by atoms with Gasteiger partial charge in [-0.05, 0) is 17.7 Å². The van der Waals surface area contributed by atoms with Gasteiger partial charge in [-0.2, -0.15) is 0 Å². The summed E-state index contributed by atoms with van der Waals surface area (Å²) in [5, 5.41) is 19.0. The first kappa shape index (κ1) is 11.7. The van der Waals surface area contributed by atoms with E-state index in [1.54, 1.807) is 0 Å². The van der Waals surface area contributed by atoms with Crippen LogP contribution in [0.15, 0.2) is 24.3 Å². The fourth-order valence-electron chi connectivity index (χ4n) is 0.916. The largest absolute Gasteiger partial charge is 0.479 e. The molecule has 0 bridgehead atoms. The van der Waals surface area contributed by atoms with Crippen LogP contribution < -0.4 is 0 Å². The van der Waals surface area contributed by atoms with Crippen molar-refractivity contribution in [3.8, 4) is 0 Å². The van der Waals surface area contributed by atoms with E-state index in [0.717, 1.165) is 12.1 Å². The number of nitrogens with zero attached hydrogens (tertiary/aromatic N) is 1. The van der Waals surface area contributed by atoms with Gasteiger partial charge in [-0.25, -0.2) is 4.79 Å². The third-order valence-electron chi connectivity index (χ3n) is 1.71. The molecule has 1 N–H and O–H groups in total. The molecule has 0 unspecified atom stereocenters. The lowest BCUT2D eigenvalue weighted by atomic mass is 10.1. The number of rotatable bonds is 3. The smallest absolute Gasteiger partial charge is 0.344 e. The van der Waals surface area contributed by atoms with Gasteiger partial charge in [-0.15, -0.1) is 0 Å². The number of aliphatic carboxylic acids is 1. The van der Waals surface area contributed by atoms with E-state index in [-0.39, 0.29) is 11.3 Å². The molecule has 1 aromatic carbocycles. The number of non-ortho nitro benzene ring substituents is 1. The van der Waals surface area contributed by atoms with Crippen molar-refractivity contribution in [1.29, 1.82) is 0 Å². The van der Waals surface area contributed by atoms with E-state index in [2.05, 4.69) is 0 Å². The van der Waals surface area contributed by atoms with Crippen molar-refractivity contribution in [2.45, 2.75) is 4.33 Å². The highest BCUT2D eigenvalue weighted by molar-refractivity contribution is 6.56. The van der Waals surface area contributed by atoms with Crippen LogP contribution in [0.25, 0.3) is 0 Å². The van der Waals surface area contributed by atoms with Crippen LogP contribution in [-0.2, 0) is 9.13 Å². The summed E-state index contributed by atoms with van der Waals surface area (Å²) < 4.78 is -2.09. The molecule has 0 aromatic heterocycles. The highest BCUT2D eigenvalue weighted by Gasteiger charge is 2.35. The van der Waals surface area contributed by atoms with E-state index in [4.69, 9.17) is 28.3 Å². The van der Waals surface area contributed by atoms with Gasteiger partial charge in [0.25, 0.3) is 5.69 Å². The fraction of sp³-hybridized carbons (Fsp3) is 0.125. The Morgan fingerprint density at radius 1 is 1.33 bits per heavy atom. The first-order valence-corrected chi connectivity index (χ1v) is 4.47. The van der Waals surface area contributed by atoms with Gasteiger partial charge < -0.3 is 5.11 Å². The normalized spacial score (nSPS) is 11.1. The minimum absolute atomic E-state index is 0.0731. The Labute approximate surface area is 94.4 Å². The maximum atomic E-state index is 10.6. The molecule has 0 aliphatic heterocycles. The van der Waals surface area contributed by atoms with Crippen LogP contribution in [0.3, 0.4) is 0 Å². The molecule has 5 nitrogen and oxygen atoms in total. The minimum atomic E-state index is -2.09. The Morgan fingerprint density at radius 3 is 2.13 bits per heavy atom. The van der Waals surface area contributed by atoms with Crippen molar-refractivity contribution >= 4 is 34.9 Å². The molecule has 0 fully saturated rings. The predicted octanol–water partition coefficient (Wildman–Crippen LogP) is 2.31. The van der Waals surface area contributed by atoms with E-state index in [1.165, 1.54) is 12.1 Å². The number of carboxylic acid groups (broad SMARTS) is 1. The molecule has 0 spiro atoms. The number of carboxylic acids is 1. The van der Waals surface area contributed by atoms with Gasteiger partial charge in [-0.1, -0.05) is 23.2 Å². The Bertz CT molecular complexity index is 402. The van der Waals surface area contributed by atoms with Gasteiger partial charge in [-0.3, -0.25) is 10.1 Å². The van der Waals surface area contributed by atoms with Crippen molar-refractivity contribution in [3.63, 3.8) is 0 Å². The molecule has 15 heavy (non-hydrogen) atoms. The number of benzene rings is 1. The average Bonchev–Trinajstić information content (AvgIpc) is 2.17. The third-order valence-corrected chi connectivity index (χ3v) is 2.47. The number of nitro groups is 1. The number of alkyl halides is 2. The molecule has 1 aromatic rings. The van der Waals surface area contributed by atoms with Crippen LogP contribution in [0.4, 0.5) is 5.69 Å². The number of halogens is 2. The third kappa shape index (κ3) is 2.37. The summed E-state index contributed by atoms with van der Waals surface area (Å²) in [6, 6.07) is 4.67. The van der Waals surface area contributed by atoms with Crippen LogP contribution in [0.2, 0.25) is 0 Å². The number of hydrogen-bond acceptors (Lipinski definition) is 3. The topological polar surface area (TPSA) is 80.4 Å². The molecule has 0 aliphatic carbocycles. The van der Waals surface area contributed by atoms with E-state index < -0.39 is 15.2 Å². The summed E-state index contributed by atoms with van der Waals surface area (Å²) in [6.45, 7) is 0. The van der Waals surface area contributed by atoms with Gasteiger partial charge in [0.05, 0.1) is 4.92 Å². The summed E-state index contributed by atoms with van der Waals surface area (Å²) in [6.07, 6.45) is 0. The Kier molecular flexibility index (Phi) is 3.16. The molecule has 0 amide bonds. The SMILES string of the molecule is O=C(O)C(Cl)(Cl)c1ccc([N+](=O)[O-])cc1. The molecule has 7 heteroatoms. The highest BCUT2D eigenvalue weighted by Crippen LogP contribution is 2.34. The minimum Gasteiger partial charge on any atom is -0.479 e. The van der Waals surface area contributed by atoms with Crippen LogP contribution in [-0.4, -0.2) is 16.0 Å². The quantitative estimate of drug-likeness (QED) is 0.507.